The topological polar surface area (TPSA) is 120 Å². The molecular formula is C44H50N4O3S2. The number of guanidine groups is 1. The van der Waals surface area contributed by atoms with E-state index in [1.807, 2.05) is 25.1 Å². The fourth-order valence-electron chi connectivity index (χ4n) is 8.58. The minimum Gasteiger partial charge on any atom is -0.508 e. The van der Waals surface area contributed by atoms with Gasteiger partial charge < -0.3 is 26.6 Å². The number of aliphatic imine (C=N–C) groups is 1. The molecule has 0 aliphatic heterocycles. The second-order valence-corrected chi connectivity index (χ2v) is 17.1. The van der Waals surface area contributed by atoms with Gasteiger partial charge >= 0.3 is 0 Å². The molecular weight excluding hydrogens is 697 g/mol. The minimum atomic E-state index is -0.522. The van der Waals surface area contributed by atoms with Gasteiger partial charge in [-0.05, 0) is 116 Å². The number of phenolic OH excluding ortho intramolecular Hbond substituents is 1. The van der Waals surface area contributed by atoms with E-state index in [9.17, 15) is 15.0 Å². The van der Waals surface area contributed by atoms with Gasteiger partial charge in [0, 0.05) is 40.0 Å². The fraction of sp³-hybridized carbons (Fsp3) is 0.409. The number of hydrogen-bond donors (Lipinski definition) is 5. The van der Waals surface area contributed by atoms with Crippen molar-refractivity contribution in [3.63, 3.8) is 0 Å². The molecule has 7 rings (SSSR count). The quantitative estimate of drug-likeness (QED) is 0.0493. The summed E-state index contributed by atoms with van der Waals surface area (Å²) in [5.41, 5.74) is 8.46. The van der Waals surface area contributed by atoms with Crippen molar-refractivity contribution < 1.29 is 15.0 Å². The van der Waals surface area contributed by atoms with Gasteiger partial charge in [-0.3, -0.25) is 9.79 Å². The van der Waals surface area contributed by atoms with Crippen molar-refractivity contribution >= 4 is 52.3 Å². The van der Waals surface area contributed by atoms with Gasteiger partial charge in [0.1, 0.15) is 5.75 Å². The Morgan fingerprint density at radius 3 is 2.43 bits per heavy atom. The molecule has 2 fully saturated rings. The Morgan fingerprint density at radius 1 is 0.943 bits per heavy atom. The number of anilines is 1. The Morgan fingerprint density at radius 2 is 1.68 bits per heavy atom. The average molecular weight is 747 g/mol. The Labute approximate surface area is 320 Å². The predicted octanol–water partition coefficient (Wildman–Crippen LogP) is 6.91. The first kappa shape index (κ1) is 37.0. The molecule has 6 unspecified atom stereocenters. The number of aliphatic hydroxyl groups is 1. The third-order valence-electron chi connectivity index (χ3n) is 11.0. The zero-order valence-corrected chi connectivity index (χ0v) is 32.2. The molecule has 4 aromatic rings. The van der Waals surface area contributed by atoms with Crippen LogP contribution in [0.4, 0.5) is 5.69 Å². The van der Waals surface area contributed by atoms with Crippen LogP contribution in [0.1, 0.15) is 78.9 Å². The number of aliphatic hydroxyl groups excluding tert-OH is 1. The van der Waals surface area contributed by atoms with Gasteiger partial charge in [0.2, 0.25) is 0 Å². The molecule has 6 atom stereocenters. The van der Waals surface area contributed by atoms with E-state index in [1.165, 1.54) is 29.7 Å². The van der Waals surface area contributed by atoms with Gasteiger partial charge in [-0.15, -0.1) is 28.6 Å². The fourth-order valence-corrected chi connectivity index (χ4v) is 10.6. The maximum Gasteiger partial charge on any atom is 0.189 e. The number of thiophene rings is 2. The summed E-state index contributed by atoms with van der Waals surface area (Å²) in [7, 11) is 0. The van der Waals surface area contributed by atoms with Crippen LogP contribution >= 0.6 is 22.7 Å². The normalized spacial score (nSPS) is 22.5. The number of nitrogens with one attached hydrogen (secondary N) is 2. The Balaban J connectivity index is 1.21. The number of nitrogens with two attached hydrogens (primary N) is 1. The summed E-state index contributed by atoms with van der Waals surface area (Å²) in [5, 5.41) is 30.0. The van der Waals surface area contributed by atoms with Crippen LogP contribution in [0.5, 0.6) is 5.75 Å². The zero-order valence-electron chi connectivity index (χ0n) is 30.6. The summed E-state index contributed by atoms with van der Waals surface area (Å²) < 4.78 is 0. The van der Waals surface area contributed by atoms with Crippen LogP contribution in [0.15, 0.2) is 71.7 Å². The van der Waals surface area contributed by atoms with E-state index >= 15 is 0 Å². The molecule has 3 aliphatic rings. The number of aromatic hydroxyl groups is 1. The number of ketones is 1. The van der Waals surface area contributed by atoms with Crippen molar-refractivity contribution in [3.05, 3.63) is 92.5 Å². The molecule has 0 radical (unpaired) electrons. The molecule has 2 aromatic heterocycles. The van der Waals surface area contributed by atoms with Crippen molar-refractivity contribution in [2.24, 2.45) is 34.4 Å². The summed E-state index contributed by atoms with van der Waals surface area (Å²) in [6, 6.07) is 22.4. The third kappa shape index (κ3) is 8.89. The van der Waals surface area contributed by atoms with Crippen LogP contribution in [-0.2, 0) is 6.42 Å². The van der Waals surface area contributed by atoms with E-state index in [1.54, 1.807) is 35.7 Å². The van der Waals surface area contributed by atoms with Gasteiger partial charge in [-0.25, -0.2) is 0 Å². The molecule has 2 heterocycles. The molecule has 276 valence electrons. The van der Waals surface area contributed by atoms with Gasteiger partial charge in [0.25, 0.3) is 0 Å². The van der Waals surface area contributed by atoms with Crippen molar-refractivity contribution in [2.45, 2.75) is 83.4 Å². The zero-order chi connectivity index (χ0) is 36.9. The highest BCUT2D eigenvalue weighted by atomic mass is 32.1. The minimum absolute atomic E-state index is 0.0168. The molecule has 0 bridgehead atoms. The van der Waals surface area contributed by atoms with Crippen molar-refractivity contribution in [2.75, 3.05) is 11.9 Å². The number of carbonyl (C=O) groups is 1. The third-order valence-corrected chi connectivity index (χ3v) is 13.3. The highest BCUT2D eigenvalue weighted by Gasteiger charge is 2.44. The smallest absolute Gasteiger partial charge is 0.189 e. The van der Waals surface area contributed by atoms with Crippen LogP contribution < -0.4 is 26.8 Å². The Kier molecular flexibility index (Phi) is 11.7. The van der Waals surface area contributed by atoms with E-state index in [-0.39, 0.29) is 47.3 Å². The lowest BCUT2D eigenvalue weighted by Crippen LogP contribution is -2.52. The molecule has 2 aromatic carbocycles. The van der Waals surface area contributed by atoms with E-state index in [2.05, 4.69) is 77.1 Å². The summed E-state index contributed by atoms with van der Waals surface area (Å²) >= 11 is 3.25. The molecule has 0 spiro atoms. The molecule has 53 heavy (non-hydrogen) atoms. The second kappa shape index (κ2) is 16.8. The van der Waals surface area contributed by atoms with Gasteiger partial charge in [-0.1, -0.05) is 61.6 Å². The highest BCUT2D eigenvalue weighted by molar-refractivity contribution is 7.23. The second-order valence-electron chi connectivity index (χ2n) is 14.9. The van der Waals surface area contributed by atoms with Crippen LogP contribution in [0.25, 0.3) is 21.9 Å². The monoisotopic (exact) mass is 746 g/mol. The number of benzene rings is 2. The maximum atomic E-state index is 14.5. The predicted molar refractivity (Wildman–Crippen MR) is 220 cm³/mol. The lowest BCUT2D eigenvalue weighted by Gasteiger charge is -2.45. The van der Waals surface area contributed by atoms with Gasteiger partial charge in [0.15, 0.2) is 11.7 Å². The first-order valence-corrected chi connectivity index (χ1v) is 20.7. The van der Waals surface area contributed by atoms with Gasteiger partial charge in [0.05, 0.1) is 21.9 Å². The van der Waals surface area contributed by atoms with Gasteiger partial charge in [-0.2, -0.15) is 0 Å². The molecule has 2 saturated carbocycles. The van der Waals surface area contributed by atoms with Crippen LogP contribution in [0, 0.1) is 35.5 Å². The Hall–Kier alpha value is -4.36. The summed E-state index contributed by atoms with van der Waals surface area (Å²) in [5.74, 6) is 7.08. The molecule has 7 nitrogen and oxygen atoms in total. The van der Waals surface area contributed by atoms with E-state index < -0.39 is 6.10 Å². The van der Waals surface area contributed by atoms with Crippen LogP contribution in [0.3, 0.4) is 0 Å². The summed E-state index contributed by atoms with van der Waals surface area (Å²) in [6.07, 6.45) is 12.2. The number of hydrogen-bond acceptors (Lipinski definition) is 7. The van der Waals surface area contributed by atoms with E-state index in [0.29, 0.717) is 18.9 Å². The standard InChI is InChI=1S/C44H50N4O3S2/c1-3-9-34-14-17-40(52-34)41-18-19-42(53-41)43(51)36-16-15-35(37-23-29-10-7-8-11-30(29)24-38(36)37)39(48-44(45)47-31-12-5-4-6-13-31)22-28-20-32(25-33(50)21-28)46-26-27(2)49/h7-8,10-11,14,17-21,23-25,27,31,35-39,46,49-50H,4-6,12-13,15-16,22,26H2,1-2H3,(H3,45,47,48). The maximum absolute atomic E-state index is 14.5. The molecule has 6 N–H and O–H groups in total. The Bertz CT molecular complexity index is 2130. The molecule has 9 heteroatoms. The molecule has 3 aliphatic carbocycles. The number of nitrogens with zero attached hydrogens (tertiary/aromatic N) is 1. The molecule has 0 amide bonds. The first-order valence-electron chi connectivity index (χ1n) is 19.0. The van der Waals surface area contributed by atoms with Crippen molar-refractivity contribution in [1.82, 2.24) is 5.32 Å². The highest BCUT2D eigenvalue weighted by Crippen LogP contribution is 2.46. The average Bonchev–Trinajstić information content (AvgIpc) is 3.83. The number of rotatable bonds is 11. The van der Waals surface area contributed by atoms with Crippen molar-refractivity contribution in [1.29, 1.82) is 0 Å². The van der Waals surface area contributed by atoms with Crippen LogP contribution in [0.2, 0.25) is 0 Å². The van der Waals surface area contributed by atoms with Crippen LogP contribution in [-0.4, -0.2) is 46.7 Å². The number of fused-ring (bicyclic) bond motifs is 2. The number of phenols is 1. The number of Topliss-reactive ketones (excluding diaryl/α,β-unsaturated/α-hetero) is 1. The van der Waals surface area contributed by atoms with E-state index in [0.717, 1.165) is 56.4 Å². The summed E-state index contributed by atoms with van der Waals surface area (Å²) in [6.45, 7) is 3.96. The lowest BCUT2D eigenvalue weighted by atomic mass is 9.61. The lowest BCUT2D eigenvalue weighted by molar-refractivity contribution is 0.0768. The van der Waals surface area contributed by atoms with Crippen molar-refractivity contribution in [3.8, 4) is 27.3 Å². The summed E-state index contributed by atoms with van der Waals surface area (Å²) in [4.78, 5) is 23.6. The largest absolute Gasteiger partial charge is 0.508 e. The SMILES string of the molecule is CC#Cc1ccc(-c2ccc(C(=O)C3CCC(C(Cc4cc(O)cc(NCC(C)O)c4)NC(N)=NC4CCCCC4)C4C=c5ccccc5=CC34)s2)s1. The number of carbonyl (C=O) groups excluding carboxylic acids is 1. The molecule has 0 saturated heterocycles. The first-order chi connectivity index (χ1) is 25.7. The van der Waals surface area contributed by atoms with E-state index in [4.69, 9.17) is 10.7 Å².